The van der Waals surface area contributed by atoms with E-state index >= 15 is 0 Å². The molecule has 1 aromatic carbocycles. The van der Waals surface area contributed by atoms with Gasteiger partial charge in [0.25, 0.3) is 5.91 Å². The fourth-order valence-corrected chi connectivity index (χ4v) is 2.84. The van der Waals surface area contributed by atoms with E-state index in [0.717, 1.165) is 11.4 Å². The molecule has 9 heteroatoms. The second-order valence-corrected chi connectivity index (χ2v) is 6.37. The average Bonchev–Trinajstić information content (AvgIpc) is 3.08. The Morgan fingerprint density at radius 1 is 1.00 bits per heavy atom. The van der Waals surface area contributed by atoms with E-state index in [1.807, 2.05) is 32.0 Å². The first-order valence-electron chi connectivity index (χ1n) is 9.13. The van der Waals surface area contributed by atoms with Crippen LogP contribution < -0.4 is 20.1 Å². The Bertz CT molecular complexity index is 984. The second kappa shape index (κ2) is 9.05. The van der Waals surface area contributed by atoms with Crippen LogP contribution in [0.1, 0.15) is 21.7 Å². The number of aromatic nitrogens is 4. The minimum Gasteiger partial charge on any atom is -0.493 e. The van der Waals surface area contributed by atoms with Crippen molar-refractivity contribution in [3.63, 3.8) is 0 Å². The Balaban J connectivity index is 1.50. The van der Waals surface area contributed by atoms with Gasteiger partial charge in [-0.25, -0.2) is 4.68 Å². The van der Waals surface area contributed by atoms with E-state index in [0.29, 0.717) is 41.8 Å². The van der Waals surface area contributed by atoms with Gasteiger partial charge in [0.1, 0.15) is 5.82 Å². The van der Waals surface area contributed by atoms with Crippen molar-refractivity contribution in [2.24, 2.45) is 0 Å². The molecule has 0 aliphatic heterocycles. The van der Waals surface area contributed by atoms with Crippen LogP contribution in [0.5, 0.6) is 11.5 Å². The number of nitrogens with one attached hydrogen (secondary N) is 2. The zero-order valence-electron chi connectivity index (χ0n) is 16.9. The third kappa shape index (κ3) is 4.81. The van der Waals surface area contributed by atoms with E-state index < -0.39 is 0 Å². The molecule has 0 bridgehead atoms. The molecule has 9 nitrogen and oxygen atoms in total. The van der Waals surface area contributed by atoms with Crippen LogP contribution in [-0.2, 0) is 0 Å². The smallest absolute Gasteiger partial charge is 0.251 e. The topological polar surface area (TPSA) is 103 Å². The molecule has 0 unspecified atom stereocenters. The molecule has 2 aromatic heterocycles. The highest BCUT2D eigenvalue weighted by Crippen LogP contribution is 2.27. The van der Waals surface area contributed by atoms with Crippen molar-refractivity contribution in [3.05, 3.63) is 53.3 Å². The standard InChI is InChI=1S/C20H24N6O3/c1-13-11-14(2)26(25-13)19-8-7-18(23-24-19)21-9-10-22-20(27)15-5-6-16(28-3)17(12-15)29-4/h5-8,11-12H,9-10H2,1-4H3,(H,21,23)(H,22,27). The van der Waals surface area contributed by atoms with Crippen LogP contribution in [0, 0.1) is 13.8 Å². The van der Waals surface area contributed by atoms with Gasteiger partial charge in [-0.2, -0.15) is 5.10 Å². The molecule has 0 fully saturated rings. The molecule has 0 saturated heterocycles. The number of rotatable bonds is 8. The van der Waals surface area contributed by atoms with Crippen molar-refractivity contribution in [2.45, 2.75) is 13.8 Å². The van der Waals surface area contributed by atoms with Gasteiger partial charge in [-0.15, -0.1) is 10.2 Å². The first-order chi connectivity index (χ1) is 14.0. The average molecular weight is 396 g/mol. The van der Waals surface area contributed by atoms with Gasteiger partial charge in [0.2, 0.25) is 0 Å². The molecule has 0 radical (unpaired) electrons. The molecular formula is C20H24N6O3. The third-order valence-corrected chi connectivity index (χ3v) is 4.24. The molecular weight excluding hydrogens is 372 g/mol. The highest BCUT2D eigenvalue weighted by Gasteiger charge is 2.10. The van der Waals surface area contributed by atoms with E-state index in [9.17, 15) is 4.79 Å². The van der Waals surface area contributed by atoms with Gasteiger partial charge in [-0.05, 0) is 50.2 Å². The van der Waals surface area contributed by atoms with Gasteiger partial charge in [-0.3, -0.25) is 4.79 Å². The lowest BCUT2D eigenvalue weighted by Crippen LogP contribution is -2.29. The minimum absolute atomic E-state index is 0.196. The number of amides is 1. The summed E-state index contributed by atoms with van der Waals surface area (Å²) in [6.07, 6.45) is 0. The number of nitrogens with zero attached hydrogens (tertiary/aromatic N) is 4. The molecule has 152 valence electrons. The van der Waals surface area contributed by atoms with Crippen LogP contribution in [0.4, 0.5) is 5.82 Å². The van der Waals surface area contributed by atoms with E-state index in [4.69, 9.17) is 9.47 Å². The van der Waals surface area contributed by atoms with Gasteiger partial charge in [0, 0.05) is 24.3 Å². The fraction of sp³-hybridized carbons (Fsp3) is 0.300. The number of hydrogen-bond donors (Lipinski definition) is 2. The number of anilines is 1. The highest BCUT2D eigenvalue weighted by atomic mass is 16.5. The summed E-state index contributed by atoms with van der Waals surface area (Å²) >= 11 is 0. The third-order valence-electron chi connectivity index (χ3n) is 4.24. The number of carbonyl (C=O) groups is 1. The van der Waals surface area contributed by atoms with Crippen LogP contribution in [-0.4, -0.2) is 53.2 Å². The Morgan fingerprint density at radius 2 is 1.79 bits per heavy atom. The van der Waals surface area contributed by atoms with Crippen LogP contribution >= 0.6 is 0 Å². The maximum absolute atomic E-state index is 12.3. The van der Waals surface area contributed by atoms with Crippen LogP contribution in [0.2, 0.25) is 0 Å². The molecule has 1 amide bonds. The summed E-state index contributed by atoms with van der Waals surface area (Å²) in [6, 6.07) is 10.7. The first kappa shape index (κ1) is 20.1. The lowest BCUT2D eigenvalue weighted by molar-refractivity contribution is 0.0954. The summed E-state index contributed by atoms with van der Waals surface area (Å²) in [4.78, 5) is 12.3. The van der Waals surface area contributed by atoms with Gasteiger partial charge in [-0.1, -0.05) is 0 Å². The number of ether oxygens (including phenoxy) is 2. The molecule has 2 N–H and O–H groups in total. The SMILES string of the molecule is COc1ccc(C(=O)NCCNc2ccc(-n3nc(C)cc3C)nn2)cc1OC. The van der Waals surface area contributed by atoms with E-state index in [1.165, 1.54) is 7.11 Å². The van der Waals surface area contributed by atoms with Crippen molar-refractivity contribution in [3.8, 4) is 17.3 Å². The lowest BCUT2D eigenvalue weighted by atomic mass is 10.2. The highest BCUT2D eigenvalue weighted by molar-refractivity contribution is 5.94. The molecule has 2 heterocycles. The Labute approximate surface area is 169 Å². The molecule has 29 heavy (non-hydrogen) atoms. The summed E-state index contributed by atoms with van der Waals surface area (Å²) < 4.78 is 12.1. The van der Waals surface area contributed by atoms with Crippen molar-refractivity contribution in [2.75, 3.05) is 32.6 Å². The number of hydrogen-bond acceptors (Lipinski definition) is 7. The normalized spacial score (nSPS) is 10.5. The lowest BCUT2D eigenvalue weighted by Gasteiger charge is -2.10. The maximum Gasteiger partial charge on any atom is 0.251 e. The predicted molar refractivity (Wildman–Crippen MR) is 109 cm³/mol. The van der Waals surface area contributed by atoms with E-state index in [-0.39, 0.29) is 5.91 Å². The zero-order valence-corrected chi connectivity index (χ0v) is 16.9. The fourth-order valence-electron chi connectivity index (χ4n) is 2.84. The van der Waals surface area contributed by atoms with Crippen molar-refractivity contribution >= 4 is 11.7 Å². The molecule has 0 aliphatic rings. The molecule has 0 saturated carbocycles. The maximum atomic E-state index is 12.3. The number of benzene rings is 1. The Kier molecular flexibility index (Phi) is 6.28. The van der Waals surface area contributed by atoms with Crippen molar-refractivity contribution < 1.29 is 14.3 Å². The first-order valence-corrected chi connectivity index (χ1v) is 9.13. The van der Waals surface area contributed by atoms with E-state index in [1.54, 1.807) is 30.0 Å². The van der Waals surface area contributed by atoms with Gasteiger partial charge in [0.05, 0.1) is 19.9 Å². The Morgan fingerprint density at radius 3 is 2.41 bits per heavy atom. The van der Waals surface area contributed by atoms with Gasteiger partial charge in [0.15, 0.2) is 17.3 Å². The van der Waals surface area contributed by atoms with Gasteiger partial charge >= 0.3 is 0 Å². The molecule has 0 atom stereocenters. The molecule has 0 aliphatic carbocycles. The van der Waals surface area contributed by atoms with Gasteiger partial charge < -0.3 is 20.1 Å². The van der Waals surface area contributed by atoms with Crippen molar-refractivity contribution in [1.29, 1.82) is 0 Å². The summed E-state index contributed by atoms with van der Waals surface area (Å²) in [7, 11) is 3.08. The monoisotopic (exact) mass is 396 g/mol. The molecule has 3 rings (SSSR count). The largest absolute Gasteiger partial charge is 0.493 e. The predicted octanol–water partition coefficient (Wildman–Crippen LogP) is 2.14. The quantitative estimate of drug-likeness (QED) is 0.562. The van der Waals surface area contributed by atoms with Crippen molar-refractivity contribution in [1.82, 2.24) is 25.3 Å². The summed E-state index contributed by atoms with van der Waals surface area (Å²) in [6.45, 7) is 4.83. The number of methoxy groups -OCH3 is 2. The van der Waals surface area contributed by atoms with Crippen LogP contribution in [0.3, 0.4) is 0 Å². The Hall–Kier alpha value is -3.62. The summed E-state index contributed by atoms with van der Waals surface area (Å²) in [5.74, 6) is 2.17. The minimum atomic E-state index is -0.196. The van der Waals surface area contributed by atoms with Crippen LogP contribution in [0.25, 0.3) is 5.82 Å². The summed E-state index contributed by atoms with van der Waals surface area (Å²) in [5.41, 5.74) is 2.42. The molecule has 3 aromatic rings. The molecule has 0 spiro atoms. The second-order valence-electron chi connectivity index (χ2n) is 6.37. The number of aryl methyl sites for hydroxylation is 2. The summed E-state index contributed by atoms with van der Waals surface area (Å²) in [5, 5.41) is 18.7. The number of carbonyl (C=O) groups excluding carboxylic acids is 1. The zero-order chi connectivity index (χ0) is 20.8. The van der Waals surface area contributed by atoms with E-state index in [2.05, 4.69) is 25.9 Å². The van der Waals surface area contributed by atoms with Crippen LogP contribution in [0.15, 0.2) is 36.4 Å².